The van der Waals surface area contributed by atoms with E-state index in [-0.39, 0.29) is 31.9 Å². The summed E-state index contributed by atoms with van der Waals surface area (Å²) in [4.78, 5) is 9.16. The van der Waals surface area contributed by atoms with Crippen molar-refractivity contribution in [3.05, 3.63) is 115 Å². The minimum absolute atomic E-state index is 0. The Labute approximate surface area is 272 Å². The fourth-order valence-electron chi connectivity index (χ4n) is 5.39. The van der Waals surface area contributed by atoms with Crippen molar-refractivity contribution in [3.8, 4) is 28.4 Å². The summed E-state index contributed by atoms with van der Waals surface area (Å²) in [7, 11) is 0. The second kappa shape index (κ2) is 11.0. The van der Waals surface area contributed by atoms with Crippen LogP contribution in [0.15, 0.2) is 91.5 Å². The van der Waals surface area contributed by atoms with Gasteiger partial charge in [0.1, 0.15) is 5.65 Å². The first-order valence-electron chi connectivity index (χ1n) is 14.5. The number of benzene rings is 3. The molecule has 0 aliphatic heterocycles. The molecule has 7 heteroatoms. The third kappa shape index (κ3) is 5.44. The van der Waals surface area contributed by atoms with Crippen molar-refractivity contribution in [1.29, 1.82) is 0 Å². The molecule has 7 aromatic rings. The van der Waals surface area contributed by atoms with Crippen LogP contribution >= 0.6 is 0 Å². The van der Waals surface area contributed by atoms with E-state index in [1.165, 1.54) is 11.1 Å². The Hall–Kier alpha value is -4.28. The van der Waals surface area contributed by atoms with Crippen LogP contribution in [0.5, 0.6) is 11.5 Å². The molecule has 4 heterocycles. The molecule has 222 valence electrons. The van der Waals surface area contributed by atoms with E-state index >= 15 is 0 Å². The van der Waals surface area contributed by atoms with E-state index in [2.05, 4.69) is 94.0 Å². The summed E-state index contributed by atoms with van der Waals surface area (Å²) in [6.07, 6.45) is 7.47. The van der Waals surface area contributed by atoms with Crippen LogP contribution in [0.25, 0.3) is 44.4 Å². The van der Waals surface area contributed by atoms with Gasteiger partial charge in [-0.15, -0.1) is 30.3 Å². The molecule has 3 aromatic carbocycles. The summed E-state index contributed by atoms with van der Waals surface area (Å²) in [6.45, 7) is 13.5. The molecule has 0 bridgehead atoms. The van der Waals surface area contributed by atoms with Gasteiger partial charge in [-0.1, -0.05) is 70.5 Å². The van der Waals surface area contributed by atoms with Gasteiger partial charge in [-0.3, -0.25) is 9.67 Å². The van der Waals surface area contributed by atoms with Crippen molar-refractivity contribution in [2.45, 2.75) is 52.4 Å². The van der Waals surface area contributed by atoms with Gasteiger partial charge in [0.25, 0.3) is 0 Å². The summed E-state index contributed by atoms with van der Waals surface area (Å²) in [5.74, 6) is 1.17. The minimum Gasteiger partial charge on any atom is -0.503 e. The van der Waals surface area contributed by atoms with Crippen LogP contribution < -0.4 is 4.74 Å². The first-order chi connectivity index (χ1) is 20.5. The fraction of sp³-hybridized carbons (Fsp3) is 0.216. The van der Waals surface area contributed by atoms with Gasteiger partial charge in [0, 0.05) is 41.8 Å². The van der Waals surface area contributed by atoms with Crippen LogP contribution in [0.2, 0.25) is 0 Å². The maximum atomic E-state index is 6.28. The van der Waals surface area contributed by atoms with Crippen molar-refractivity contribution in [3.63, 3.8) is 0 Å². The van der Waals surface area contributed by atoms with Crippen molar-refractivity contribution in [2.75, 3.05) is 0 Å². The Morgan fingerprint density at radius 2 is 1.41 bits per heavy atom. The van der Waals surface area contributed by atoms with Crippen molar-refractivity contribution >= 4 is 27.5 Å². The zero-order chi connectivity index (χ0) is 29.9. The molecule has 44 heavy (non-hydrogen) atoms. The average molecular weight is 759 g/mol. The smallest absolute Gasteiger partial charge is 0.503 e. The Kier molecular flexibility index (Phi) is 7.45. The van der Waals surface area contributed by atoms with Gasteiger partial charge in [-0.05, 0) is 57.3 Å². The van der Waals surface area contributed by atoms with Crippen LogP contribution in [-0.4, -0.2) is 24.1 Å². The van der Waals surface area contributed by atoms with Crippen LogP contribution in [0.1, 0.15) is 52.7 Å². The molecule has 0 spiro atoms. The predicted octanol–water partition coefficient (Wildman–Crippen LogP) is 8.87. The quantitative estimate of drug-likeness (QED) is 0.133. The molecule has 0 N–H and O–H groups in total. The fourth-order valence-corrected chi connectivity index (χ4v) is 5.39. The van der Waals surface area contributed by atoms with E-state index in [0.29, 0.717) is 11.5 Å². The van der Waals surface area contributed by atoms with E-state index in [4.69, 9.17) is 9.84 Å². The summed E-state index contributed by atoms with van der Waals surface area (Å²) >= 11 is 0. The Morgan fingerprint density at radius 3 is 2.16 bits per heavy atom. The van der Waals surface area contributed by atoms with Gasteiger partial charge in [0.05, 0.1) is 11.3 Å². The minimum atomic E-state index is 0. The number of hydrogen-bond acceptors (Lipinski definition) is 4. The molecule has 0 amide bonds. The van der Waals surface area contributed by atoms with Crippen LogP contribution in [-0.2, 0) is 31.9 Å². The van der Waals surface area contributed by atoms with E-state index in [9.17, 15) is 0 Å². The number of aromatic nitrogens is 5. The van der Waals surface area contributed by atoms with Gasteiger partial charge >= 0.3 is 21.1 Å². The number of hydrogen-bond donors (Lipinski definition) is 0. The molecule has 0 fully saturated rings. The second-order valence-electron chi connectivity index (χ2n) is 13.1. The molecule has 6 nitrogen and oxygen atoms in total. The molecule has 0 atom stereocenters. The van der Waals surface area contributed by atoms with Gasteiger partial charge in [0.15, 0.2) is 0 Å². The molecule has 7 rings (SSSR count). The molecular weight excluding hydrogens is 726 g/mol. The second-order valence-corrected chi connectivity index (χ2v) is 13.1. The predicted molar refractivity (Wildman–Crippen MR) is 172 cm³/mol. The van der Waals surface area contributed by atoms with E-state index in [1.54, 1.807) is 12.4 Å². The van der Waals surface area contributed by atoms with Gasteiger partial charge in [0.2, 0.25) is 0 Å². The first-order valence-corrected chi connectivity index (χ1v) is 14.5. The van der Waals surface area contributed by atoms with Gasteiger partial charge in [-0.2, -0.15) is 11.2 Å². The van der Waals surface area contributed by atoms with Crippen LogP contribution in [0.3, 0.4) is 0 Å². The van der Waals surface area contributed by atoms with E-state index in [1.807, 2.05) is 57.9 Å². The summed E-state index contributed by atoms with van der Waals surface area (Å²) in [5.41, 5.74) is 7.15. The molecule has 0 saturated heterocycles. The zero-order valence-electron chi connectivity index (χ0n) is 25.6. The summed E-state index contributed by atoms with van der Waals surface area (Å²) in [6, 6.07) is 29.5. The summed E-state index contributed by atoms with van der Waals surface area (Å²) in [5, 5.41) is 7.89. The molecule has 4 aromatic heterocycles. The average Bonchev–Trinajstić information content (AvgIpc) is 3.68. The van der Waals surface area contributed by atoms with Crippen molar-refractivity contribution < 1.29 is 25.8 Å². The number of ether oxygens (including phenoxy) is 1. The number of rotatable bonds is 4. The zero-order valence-corrected chi connectivity index (χ0v) is 27.9. The Balaban J connectivity index is 0.00000343. The van der Waals surface area contributed by atoms with Gasteiger partial charge in [-0.25, -0.2) is 4.98 Å². The molecular formula is C37H33N5OPt. The molecule has 0 aliphatic rings. The van der Waals surface area contributed by atoms with E-state index in [0.717, 1.165) is 44.4 Å². The third-order valence-corrected chi connectivity index (χ3v) is 7.86. The largest absolute Gasteiger partial charge is 2.00 e. The number of nitrogens with zero attached hydrogens (tertiary/aromatic N) is 5. The molecule has 0 aliphatic carbocycles. The third-order valence-electron chi connectivity index (χ3n) is 7.86. The van der Waals surface area contributed by atoms with Crippen LogP contribution in [0, 0.1) is 12.1 Å². The monoisotopic (exact) mass is 758 g/mol. The first kappa shape index (κ1) is 29.8. The maximum absolute atomic E-state index is 6.28. The molecule has 0 unspecified atom stereocenters. The number of pyridine rings is 2. The maximum Gasteiger partial charge on any atom is 2.00 e. The van der Waals surface area contributed by atoms with Gasteiger partial charge < -0.3 is 9.14 Å². The van der Waals surface area contributed by atoms with Crippen LogP contribution in [0.4, 0.5) is 0 Å². The number of fused-ring (bicyclic) bond motifs is 6. The Bertz CT molecular complexity index is 2110. The van der Waals surface area contributed by atoms with Crippen molar-refractivity contribution in [2.24, 2.45) is 0 Å². The molecule has 0 saturated carbocycles. The number of imidazole rings is 1. The summed E-state index contributed by atoms with van der Waals surface area (Å²) < 4.78 is 10.1. The van der Waals surface area contributed by atoms with Crippen molar-refractivity contribution in [1.82, 2.24) is 24.1 Å². The Morgan fingerprint density at radius 1 is 0.682 bits per heavy atom. The SMILES string of the molecule is CC(C)(C)c1cc(-c2ccn(-c3[c-]c(Oc4[c-]c5c(cc4)c4cccnc4n4ccnc54)ccc3)n2)cc(C(C)(C)C)c1.[Pt+2]. The normalized spacial score (nSPS) is 12.1. The standard InChI is InChI=1S/C37H33N5O.Pt/c1-36(2,3)25-19-24(20-26(21-25)37(4,5)6)33-14-17-42(40-33)27-9-7-10-28(22-27)43-29-12-13-30-31-11-8-15-38-34(31)41-18-16-39-35(41)32(30)23-29;/h7-21H,1-6H3;/q-2;+2. The topological polar surface area (TPSA) is 57.2 Å². The molecule has 0 radical (unpaired) electrons. The van der Waals surface area contributed by atoms with E-state index < -0.39 is 0 Å².